The predicted octanol–water partition coefficient (Wildman–Crippen LogP) is 6.85. The van der Waals surface area contributed by atoms with E-state index >= 15 is 0 Å². The molecule has 4 aromatic rings. The average molecular weight is 530 g/mol. The third-order valence-electron chi connectivity index (χ3n) is 4.21. The van der Waals surface area contributed by atoms with E-state index in [1.807, 2.05) is 0 Å². The van der Waals surface area contributed by atoms with Crippen LogP contribution in [0.5, 0.6) is 0 Å². The van der Waals surface area contributed by atoms with Gasteiger partial charge in [-0.3, -0.25) is 17.6 Å². The molecule has 0 saturated carbocycles. The second kappa shape index (κ2) is 10.0. The van der Waals surface area contributed by atoms with Gasteiger partial charge >= 0.3 is 23.1 Å². The Morgan fingerprint density at radius 1 is 0.286 bits per heavy atom. The molecule has 15 heteroatoms. The van der Waals surface area contributed by atoms with Gasteiger partial charge in [0.25, 0.3) is 0 Å². The molecule has 0 nitrogen and oxygen atoms in total. The van der Waals surface area contributed by atoms with Crippen molar-refractivity contribution in [3.05, 3.63) is 93.6 Å². The first-order valence-corrected chi connectivity index (χ1v) is 8.15. The molecule has 0 atom stereocenters. The van der Waals surface area contributed by atoms with E-state index in [4.69, 9.17) is 0 Å². The first kappa shape index (κ1) is 28.4. The van der Waals surface area contributed by atoms with Gasteiger partial charge in [-0.05, 0) is 10.8 Å². The maximum atomic E-state index is 13.1. The molecule has 0 aromatic heterocycles. The summed E-state index contributed by atoms with van der Waals surface area (Å²) in [6.45, 7) is 0. The van der Waals surface area contributed by atoms with Crippen molar-refractivity contribution < 1.29 is 61.5 Å². The number of benzene rings is 4. The van der Waals surface area contributed by atoms with E-state index < -0.39 is 103 Å². The Bertz CT molecular complexity index is 1370. The van der Waals surface area contributed by atoms with Crippen LogP contribution in [-0.4, -0.2) is 23.1 Å². The molecule has 0 saturated heterocycles. The minimum absolute atomic E-state index is 0. The number of fused-ring (bicyclic) bond motifs is 2. The van der Waals surface area contributed by atoms with Gasteiger partial charge in [0.2, 0.25) is 0 Å². The van der Waals surface area contributed by atoms with Crippen LogP contribution in [0, 0.1) is 93.6 Å². The Morgan fingerprint density at radius 3 is 0.800 bits per heavy atom. The topological polar surface area (TPSA) is 0 Å². The Labute approximate surface area is 199 Å². The van der Waals surface area contributed by atoms with Crippen LogP contribution >= 0.6 is 0 Å². The summed E-state index contributed by atoms with van der Waals surface area (Å²) in [5, 5.41) is -5.73. The zero-order valence-electron chi connectivity index (χ0n) is 16.0. The smallest absolute Gasteiger partial charge is 0.261 e. The monoisotopic (exact) mass is 530 g/mol. The van der Waals surface area contributed by atoms with E-state index in [1.165, 1.54) is 12.1 Å². The SMILES string of the molecule is Fc1[c-]c2c(F)c(F)c(F)c(F)c2c(F)c1F.Fc1[c-]c2c(F)c(F)c(F)c(F)c2c(F)c1F.[Mg+2]. The summed E-state index contributed by atoms with van der Waals surface area (Å²) >= 11 is 0. The standard InChI is InChI=1S/2C10F7.Mg/c2*11-3-1-2-4(7(14)6(3)13)8(15)10(17)9(16)5(2)12;/q2*-1;+2. The van der Waals surface area contributed by atoms with Crippen LogP contribution in [0.15, 0.2) is 0 Å². The molecule has 0 fully saturated rings. The van der Waals surface area contributed by atoms with Crippen LogP contribution in [0.2, 0.25) is 0 Å². The number of hydrogen-bond acceptors (Lipinski definition) is 0. The van der Waals surface area contributed by atoms with Crippen LogP contribution in [0.4, 0.5) is 61.5 Å². The molecule has 0 amide bonds. The van der Waals surface area contributed by atoms with Crippen LogP contribution < -0.4 is 0 Å². The van der Waals surface area contributed by atoms with Gasteiger partial charge in [-0.25, -0.2) is 43.9 Å². The summed E-state index contributed by atoms with van der Waals surface area (Å²) in [6, 6.07) is 2.55. The van der Waals surface area contributed by atoms with Crippen molar-refractivity contribution in [3.63, 3.8) is 0 Å². The van der Waals surface area contributed by atoms with E-state index in [0.717, 1.165) is 0 Å². The molecule has 0 spiro atoms. The maximum absolute atomic E-state index is 13.1. The molecule has 0 aliphatic carbocycles. The van der Waals surface area contributed by atoms with Gasteiger partial charge in [-0.15, -0.1) is 0 Å². The molecule has 0 radical (unpaired) electrons. The van der Waals surface area contributed by atoms with Crippen LogP contribution in [-0.2, 0) is 0 Å². The van der Waals surface area contributed by atoms with E-state index in [0.29, 0.717) is 0 Å². The second-order valence-electron chi connectivity index (χ2n) is 6.15. The number of rotatable bonds is 0. The van der Waals surface area contributed by atoms with Gasteiger partial charge < -0.3 is 0 Å². The zero-order valence-corrected chi connectivity index (χ0v) is 17.4. The molecule has 0 bridgehead atoms. The van der Waals surface area contributed by atoms with Crippen molar-refractivity contribution in [1.82, 2.24) is 0 Å². The van der Waals surface area contributed by atoms with Crippen molar-refractivity contribution in [2.24, 2.45) is 0 Å². The normalized spacial score (nSPS) is 10.9. The fraction of sp³-hybridized carbons (Fsp3) is 0. The first-order chi connectivity index (χ1) is 15.7. The predicted molar refractivity (Wildman–Crippen MR) is 90.7 cm³/mol. The largest absolute Gasteiger partial charge is 2.00 e. The quantitative estimate of drug-likeness (QED) is 0.0768. The molecular weight excluding hydrogens is 530 g/mol. The van der Waals surface area contributed by atoms with Crippen molar-refractivity contribution >= 4 is 44.6 Å². The fourth-order valence-electron chi connectivity index (χ4n) is 2.65. The number of hydrogen-bond donors (Lipinski definition) is 0. The van der Waals surface area contributed by atoms with Crippen molar-refractivity contribution in [2.75, 3.05) is 0 Å². The summed E-state index contributed by atoms with van der Waals surface area (Å²) in [5.74, 6) is -30.0. The molecule has 180 valence electrons. The van der Waals surface area contributed by atoms with Crippen molar-refractivity contribution in [3.8, 4) is 0 Å². The maximum Gasteiger partial charge on any atom is 2.00 e. The third-order valence-corrected chi connectivity index (χ3v) is 4.21. The summed E-state index contributed by atoms with van der Waals surface area (Å²) in [6.07, 6.45) is 0. The van der Waals surface area contributed by atoms with Crippen LogP contribution in [0.1, 0.15) is 0 Å². The summed E-state index contributed by atoms with van der Waals surface area (Å²) in [5.41, 5.74) is 0. The van der Waals surface area contributed by atoms with Gasteiger partial charge in [0.1, 0.15) is 23.3 Å². The van der Waals surface area contributed by atoms with Crippen LogP contribution in [0.3, 0.4) is 0 Å². The second-order valence-corrected chi connectivity index (χ2v) is 6.15. The molecule has 0 N–H and O–H groups in total. The van der Waals surface area contributed by atoms with E-state index in [1.54, 1.807) is 0 Å². The van der Waals surface area contributed by atoms with E-state index in [9.17, 15) is 61.5 Å². The Morgan fingerprint density at radius 2 is 0.514 bits per heavy atom. The molecule has 0 unspecified atom stereocenters. The van der Waals surface area contributed by atoms with Crippen molar-refractivity contribution in [1.29, 1.82) is 0 Å². The van der Waals surface area contributed by atoms with E-state index in [2.05, 4.69) is 0 Å². The third kappa shape index (κ3) is 4.46. The Kier molecular flexibility index (Phi) is 8.16. The summed E-state index contributed by atoms with van der Waals surface area (Å²) in [7, 11) is 0. The summed E-state index contributed by atoms with van der Waals surface area (Å²) in [4.78, 5) is 0. The first-order valence-electron chi connectivity index (χ1n) is 8.15. The van der Waals surface area contributed by atoms with Gasteiger partial charge in [-0.2, -0.15) is 0 Å². The number of halogens is 14. The zero-order chi connectivity index (χ0) is 25.8. The van der Waals surface area contributed by atoms with Gasteiger partial charge in [-0.1, -0.05) is 22.9 Å². The molecule has 0 heterocycles. The van der Waals surface area contributed by atoms with Gasteiger partial charge in [0, 0.05) is 0 Å². The Balaban J connectivity index is 0.000000240. The van der Waals surface area contributed by atoms with Crippen LogP contribution in [0.25, 0.3) is 21.5 Å². The Hall–Kier alpha value is -2.81. The molecule has 4 rings (SSSR count). The fourth-order valence-corrected chi connectivity index (χ4v) is 2.65. The minimum Gasteiger partial charge on any atom is -0.261 e. The molecule has 0 aliphatic rings. The van der Waals surface area contributed by atoms with Gasteiger partial charge in [0.05, 0.1) is 34.9 Å². The average Bonchev–Trinajstić information content (AvgIpc) is 2.80. The minimum atomic E-state index is -2.31. The summed E-state index contributed by atoms with van der Waals surface area (Å²) < 4.78 is 180. The van der Waals surface area contributed by atoms with Gasteiger partial charge in [0.15, 0.2) is 23.3 Å². The molecular formula is C20F14Mg. The molecule has 35 heavy (non-hydrogen) atoms. The van der Waals surface area contributed by atoms with E-state index in [-0.39, 0.29) is 23.1 Å². The van der Waals surface area contributed by atoms with Crippen molar-refractivity contribution in [2.45, 2.75) is 0 Å². The molecule has 4 aromatic carbocycles. The molecule has 0 aliphatic heterocycles.